The van der Waals surface area contributed by atoms with Crippen LogP contribution in [-0.2, 0) is 11.8 Å². The zero-order chi connectivity index (χ0) is 12.8. The van der Waals surface area contributed by atoms with Crippen LogP contribution in [-0.4, -0.2) is 34.7 Å². The van der Waals surface area contributed by atoms with Crippen LogP contribution in [0.1, 0.15) is 29.5 Å². The van der Waals surface area contributed by atoms with Crippen molar-refractivity contribution in [1.29, 1.82) is 0 Å². The van der Waals surface area contributed by atoms with Gasteiger partial charge in [-0.05, 0) is 19.4 Å². The van der Waals surface area contributed by atoms with E-state index in [1.165, 1.54) is 4.68 Å². The summed E-state index contributed by atoms with van der Waals surface area (Å²) in [5, 5.41) is 9.30. The Morgan fingerprint density at radius 2 is 2.12 bits per heavy atom. The number of carbonyl (C=O) groups excluding carboxylic acids is 2. The molecular formula is C11H18N4O2. The number of nitrogens with one attached hydrogen (secondary N) is 2. The highest BCUT2D eigenvalue weighted by Crippen LogP contribution is 2.00. The molecule has 2 N–H and O–H groups in total. The molecule has 1 aromatic rings. The van der Waals surface area contributed by atoms with Gasteiger partial charge in [0, 0.05) is 13.6 Å². The standard InChI is InChI=1S/C11H18N4O2/c1-4-5-12-10(16)7-13-11(17)9-6-8(2)14-15(9)3/h6H,4-5,7H2,1-3H3,(H,12,16)(H,13,17). The van der Waals surface area contributed by atoms with Crippen LogP contribution in [0.3, 0.4) is 0 Å². The summed E-state index contributed by atoms with van der Waals surface area (Å²) < 4.78 is 1.49. The maximum absolute atomic E-state index is 11.7. The first-order valence-corrected chi connectivity index (χ1v) is 5.60. The molecule has 17 heavy (non-hydrogen) atoms. The second kappa shape index (κ2) is 6.03. The van der Waals surface area contributed by atoms with Crippen LogP contribution in [0.25, 0.3) is 0 Å². The van der Waals surface area contributed by atoms with Crippen LogP contribution in [0.5, 0.6) is 0 Å². The lowest BCUT2D eigenvalue weighted by Gasteiger charge is -2.05. The van der Waals surface area contributed by atoms with Gasteiger partial charge in [0.25, 0.3) is 5.91 Å². The minimum Gasteiger partial charge on any atom is -0.355 e. The third-order valence-corrected chi connectivity index (χ3v) is 2.22. The summed E-state index contributed by atoms with van der Waals surface area (Å²) in [6.07, 6.45) is 0.876. The van der Waals surface area contributed by atoms with E-state index in [0.717, 1.165) is 12.1 Å². The lowest BCUT2D eigenvalue weighted by atomic mass is 10.3. The zero-order valence-electron chi connectivity index (χ0n) is 10.4. The fourth-order valence-electron chi connectivity index (χ4n) is 1.40. The highest BCUT2D eigenvalue weighted by atomic mass is 16.2. The molecule has 1 heterocycles. The molecule has 0 bridgehead atoms. The fraction of sp³-hybridized carbons (Fsp3) is 0.545. The molecule has 0 fully saturated rings. The van der Waals surface area contributed by atoms with E-state index in [2.05, 4.69) is 15.7 Å². The van der Waals surface area contributed by atoms with Crippen LogP contribution in [0, 0.1) is 6.92 Å². The average molecular weight is 238 g/mol. The second-order valence-electron chi connectivity index (χ2n) is 3.83. The number of aryl methyl sites for hydroxylation is 2. The van der Waals surface area contributed by atoms with Crippen molar-refractivity contribution in [3.05, 3.63) is 17.5 Å². The maximum Gasteiger partial charge on any atom is 0.269 e. The van der Waals surface area contributed by atoms with Gasteiger partial charge in [0.1, 0.15) is 5.69 Å². The Labute approximate surface area is 100 Å². The van der Waals surface area contributed by atoms with E-state index in [1.54, 1.807) is 13.1 Å². The van der Waals surface area contributed by atoms with E-state index >= 15 is 0 Å². The van der Waals surface area contributed by atoms with Gasteiger partial charge in [-0.1, -0.05) is 6.92 Å². The monoisotopic (exact) mass is 238 g/mol. The Kier molecular flexibility index (Phi) is 4.68. The molecule has 0 saturated heterocycles. The van der Waals surface area contributed by atoms with Crippen LogP contribution < -0.4 is 10.6 Å². The van der Waals surface area contributed by atoms with Crippen molar-refractivity contribution in [3.8, 4) is 0 Å². The van der Waals surface area contributed by atoms with Gasteiger partial charge in [-0.15, -0.1) is 0 Å². The van der Waals surface area contributed by atoms with Crippen LogP contribution in [0.15, 0.2) is 6.07 Å². The SMILES string of the molecule is CCCNC(=O)CNC(=O)c1cc(C)nn1C. The Hall–Kier alpha value is -1.85. The van der Waals surface area contributed by atoms with Crippen LogP contribution in [0.4, 0.5) is 0 Å². The first-order valence-electron chi connectivity index (χ1n) is 5.60. The highest BCUT2D eigenvalue weighted by Gasteiger charge is 2.12. The summed E-state index contributed by atoms with van der Waals surface area (Å²) in [4.78, 5) is 23.0. The van der Waals surface area contributed by atoms with Gasteiger partial charge < -0.3 is 10.6 Å². The number of rotatable bonds is 5. The first-order chi connectivity index (χ1) is 8.04. The van der Waals surface area contributed by atoms with E-state index in [-0.39, 0.29) is 18.4 Å². The van der Waals surface area contributed by atoms with Crippen molar-refractivity contribution in [2.75, 3.05) is 13.1 Å². The number of carbonyl (C=O) groups is 2. The van der Waals surface area contributed by atoms with E-state index in [9.17, 15) is 9.59 Å². The molecule has 1 aromatic heterocycles. The lowest BCUT2D eigenvalue weighted by Crippen LogP contribution is -2.37. The zero-order valence-corrected chi connectivity index (χ0v) is 10.4. The summed E-state index contributed by atoms with van der Waals surface area (Å²) in [5.74, 6) is -0.473. The molecule has 1 rings (SSSR count). The number of amides is 2. The quantitative estimate of drug-likeness (QED) is 0.757. The summed E-state index contributed by atoms with van der Waals surface area (Å²) in [6, 6.07) is 1.68. The van der Waals surface area contributed by atoms with Crippen LogP contribution >= 0.6 is 0 Å². The molecule has 0 radical (unpaired) electrons. The fourth-order valence-corrected chi connectivity index (χ4v) is 1.40. The molecule has 2 amide bonds. The normalized spacial score (nSPS) is 10.1. The van der Waals surface area contributed by atoms with E-state index in [0.29, 0.717) is 12.2 Å². The summed E-state index contributed by atoms with van der Waals surface area (Å²) in [5.41, 5.74) is 1.22. The van der Waals surface area contributed by atoms with Gasteiger partial charge in [0.2, 0.25) is 5.91 Å². The predicted molar refractivity (Wildman–Crippen MR) is 63.6 cm³/mol. The number of nitrogens with zero attached hydrogens (tertiary/aromatic N) is 2. The maximum atomic E-state index is 11.7. The Morgan fingerprint density at radius 1 is 1.41 bits per heavy atom. The molecule has 0 aliphatic rings. The minimum absolute atomic E-state index is 0.0109. The van der Waals surface area contributed by atoms with Gasteiger partial charge in [0.05, 0.1) is 12.2 Å². The molecule has 0 aliphatic carbocycles. The smallest absolute Gasteiger partial charge is 0.269 e. The van der Waals surface area contributed by atoms with Crippen molar-refractivity contribution in [3.63, 3.8) is 0 Å². The molecule has 0 saturated carbocycles. The summed E-state index contributed by atoms with van der Waals surface area (Å²) in [7, 11) is 1.69. The van der Waals surface area contributed by atoms with Crippen molar-refractivity contribution in [2.24, 2.45) is 7.05 Å². The number of hydrogen-bond acceptors (Lipinski definition) is 3. The summed E-state index contributed by atoms with van der Waals surface area (Å²) >= 11 is 0. The molecule has 0 aliphatic heterocycles. The minimum atomic E-state index is -0.292. The number of hydrogen-bond donors (Lipinski definition) is 2. The van der Waals surface area contributed by atoms with Crippen molar-refractivity contribution >= 4 is 11.8 Å². The lowest BCUT2D eigenvalue weighted by molar-refractivity contribution is -0.120. The van der Waals surface area contributed by atoms with Crippen molar-refractivity contribution in [1.82, 2.24) is 20.4 Å². The second-order valence-corrected chi connectivity index (χ2v) is 3.83. The third-order valence-electron chi connectivity index (χ3n) is 2.22. The molecule has 0 unspecified atom stereocenters. The molecule has 0 atom stereocenters. The molecule has 6 nitrogen and oxygen atoms in total. The third kappa shape index (κ3) is 3.90. The van der Waals surface area contributed by atoms with E-state index in [1.807, 2.05) is 13.8 Å². The van der Waals surface area contributed by atoms with Gasteiger partial charge in [-0.25, -0.2) is 0 Å². The van der Waals surface area contributed by atoms with E-state index in [4.69, 9.17) is 0 Å². The highest BCUT2D eigenvalue weighted by molar-refractivity contribution is 5.95. The van der Waals surface area contributed by atoms with Crippen molar-refractivity contribution in [2.45, 2.75) is 20.3 Å². The van der Waals surface area contributed by atoms with Crippen LogP contribution in [0.2, 0.25) is 0 Å². The molecule has 0 aromatic carbocycles. The van der Waals surface area contributed by atoms with Gasteiger partial charge in [-0.2, -0.15) is 5.10 Å². The molecule has 0 spiro atoms. The summed E-state index contributed by atoms with van der Waals surface area (Å²) in [6.45, 7) is 4.39. The topological polar surface area (TPSA) is 76.0 Å². The number of aromatic nitrogens is 2. The molecule has 6 heteroatoms. The predicted octanol–water partition coefficient (Wildman–Crippen LogP) is -0.0155. The average Bonchev–Trinajstić information content (AvgIpc) is 2.62. The molecule has 94 valence electrons. The van der Waals surface area contributed by atoms with Crippen molar-refractivity contribution < 1.29 is 9.59 Å². The molecular weight excluding hydrogens is 220 g/mol. The largest absolute Gasteiger partial charge is 0.355 e. The Morgan fingerprint density at radius 3 is 2.65 bits per heavy atom. The van der Waals surface area contributed by atoms with E-state index < -0.39 is 0 Å². The Bertz CT molecular complexity index is 412. The van der Waals surface area contributed by atoms with Gasteiger partial charge in [-0.3, -0.25) is 14.3 Å². The Balaban J connectivity index is 2.45. The first kappa shape index (κ1) is 13.2. The van der Waals surface area contributed by atoms with Gasteiger partial charge >= 0.3 is 0 Å². The van der Waals surface area contributed by atoms with Gasteiger partial charge in [0.15, 0.2) is 0 Å².